The average molecular weight is 443 g/mol. The fourth-order valence-electron chi connectivity index (χ4n) is 2.70. The maximum Gasteiger partial charge on any atom is 0.336 e. The summed E-state index contributed by atoms with van der Waals surface area (Å²) in [6, 6.07) is 18.1. The molecule has 0 heterocycles. The number of aryl methyl sites for hydroxylation is 1. The Morgan fingerprint density at radius 3 is 2.53 bits per heavy atom. The lowest BCUT2D eigenvalue weighted by Gasteiger charge is -2.12. The van der Waals surface area contributed by atoms with Gasteiger partial charge in [-0.3, -0.25) is 0 Å². The monoisotopic (exact) mass is 442 g/mol. The topological polar surface area (TPSA) is 44.8 Å². The van der Waals surface area contributed by atoms with Crippen molar-refractivity contribution in [2.45, 2.75) is 13.5 Å². The summed E-state index contributed by atoms with van der Waals surface area (Å²) in [6.07, 6.45) is 2.92. The Bertz CT molecular complexity index is 1080. The van der Waals surface area contributed by atoms with Gasteiger partial charge in [-0.25, -0.2) is 4.79 Å². The van der Waals surface area contributed by atoms with Crippen LogP contribution in [0, 0.1) is 6.92 Å². The van der Waals surface area contributed by atoms with E-state index in [1.807, 2.05) is 37.3 Å². The maximum atomic E-state index is 12.1. The van der Waals surface area contributed by atoms with Crippen LogP contribution >= 0.6 is 23.2 Å². The normalized spacial score (nSPS) is 10.8. The van der Waals surface area contributed by atoms with Crippen LogP contribution in [0.3, 0.4) is 0 Å². The Morgan fingerprint density at radius 2 is 1.77 bits per heavy atom. The van der Waals surface area contributed by atoms with Crippen LogP contribution in [0.1, 0.15) is 16.7 Å². The van der Waals surface area contributed by atoms with Crippen LogP contribution in [0.2, 0.25) is 10.0 Å². The molecule has 0 amide bonds. The van der Waals surface area contributed by atoms with Gasteiger partial charge in [-0.05, 0) is 54.0 Å². The zero-order valence-electron chi connectivity index (χ0n) is 16.5. The van der Waals surface area contributed by atoms with Gasteiger partial charge in [0.1, 0.15) is 6.61 Å². The fraction of sp³-hybridized carbons (Fsp3) is 0.125. The van der Waals surface area contributed by atoms with Crippen LogP contribution in [0.5, 0.6) is 17.2 Å². The number of benzene rings is 3. The molecule has 0 aromatic heterocycles. The molecule has 3 rings (SSSR count). The van der Waals surface area contributed by atoms with Crippen molar-refractivity contribution in [1.29, 1.82) is 0 Å². The van der Waals surface area contributed by atoms with Crippen molar-refractivity contribution in [3.8, 4) is 17.2 Å². The summed E-state index contributed by atoms with van der Waals surface area (Å²) in [6.45, 7) is 2.48. The highest BCUT2D eigenvalue weighted by Crippen LogP contribution is 2.30. The molecule has 0 bridgehead atoms. The molecule has 0 unspecified atom stereocenters. The first-order valence-corrected chi connectivity index (χ1v) is 9.92. The van der Waals surface area contributed by atoms with Crippen LogP contribution in [-0.4, -0.2) is 13.1 Å². The van der Waals surface area contributed by atoms with Gasteiger partial charge in [0.05, 0.1) is 12.1 Å². The summed E-state index contributed by atoms with van der Waals surface area (Å²) >= 11 is 11.9. The smallest absolute Gasteiger partial charge is 0.336 e. The van der Waals surface area contributed by atoms with Crippen LogP contribution in [-0.2, 0) is 11.4 Å². The van der Waals surface area contributed by atoms with E-state index < -0.39 is 5.97 Å². The standard InChI is InChI=1S/C24H20Cl2O4/c1-16-5-3-4-6-18(16)15-29-21-11-7-17(13-23(21)28-2)8-12-24(27)30-22-14-19(25)9-10-20(22)26/h3-14H,15H2,1-2H3/b12-8+. The van der Waals surface area contributed by atoms with Crippen molar-refractivity contribution in [2.24, 2.45) is 0 Å². The van der Waals surface area contributed by atoms with Crippen molar-refractivity contribution in [3.05, 3.63) is 93.5 Å². The van der Waals surface area contributed by atoms with Gasteiger partial charge in [0.25, 0.3) is 0 Å². The van der Waals surface area contributed by atoms with Crippen molar-refractivity contribution in [3.63, 3.8) is 0 Å². The van der Waals surface area contributed by atoms with Gasteiger partial charge in [-0.1, -0.05) is 53.5 Å². The highest BCUT2D eigenvalue weighted by Gasteiger charge is 2.09. The molecule has 3 aromatic carbocycles. The number of methoxy groups -OCH3 is 1. The minimum Gasteiger partial charge on any atom is -0.493 e. The summed E-state index contributed by atoms with van der Waals surface area (Å²) in [5.41, 5.74) is 3.02. The van der Waals surface area contributed by atoms with Crippen LogP contribution < -0.4 is 14.2 Å². The quantitative estimate of drug-likeness (QED) is 0.237. The molecule has 0 radical (unpaired) electrons. The lowest BCUT2D eigenvalue weighted by Crippen LogP contribution is -2.04. The van der Waals surface area contributed by atoms with Gasteiger partial charge in [-0.15, -0.1) is 0 Å². The number of hydrogen-bond acceptors (Lipinski definition) is 4. The third kappa shape index (κ3) is 5.78. The Labute approximate surface area is 185 Å². The molecule has 0 spiro atoms. The van der Waals surface area contributed by atoms with Gasteiger partial charge >= 0.3 is 5.97 Å². The van der Waals surface area contributed by atoms with Crippen molar-refractivity contribution < 1.29 is 19.0 Å². The number of ether oxygens (including phenoxy) is 3. The van der Waals surface area contributed by atoms with Gasteiger partial charge in [-0.2, -0.15) is 0 Å². The lowest BCUT2D eigenvalue weighted by molar-refractivity contribution is -0.128. The van der Waals surface area contributed by atoms with Crippen LogP contribution in [0.15, 0.2) is 66.7 Å². The molecule has 0 N–H and O–H groups in total. The van der Waals surface area contributed by atoms with E-state index in [9.17, 15) is 4.79 Å². The Hall–Kier alpha value is -2.95. The van der Waals surface area contributed by atoms with Gasteiger partial charge in [0.2, 0.25) is 0 Å². The van der Waals surface area contributed by atoms with E-state index in [4.69, 9.17) is 37.4 Å². The van der Waals surface area contributed by atoms with E-state index >= 15 is 0 Å². The van der Waals surface area contributed by atoms with Crippen LogP contribution in [0.25, 0.3) is 6.08 Å². The molecule has 6 heteroatoms. The van der Waals surface area contributed by atoms with E-state index in [1.165, 1.54) is 12.1 Å². The second-order valence-corrected chi connectivity index (χ2v) is 7.30. The zero-order chi connectivity index (χ0) is 21.5. The molecular formula is C24H20Cl2O4. The molecule has 0 aliphatic heterocycles. The average Bonchev–Trinajstić information content (AvgIpc) is 2.74. The van der Waals surface area contributed by atoms with Crippen LogP contribution in [0.4, 0.5) is 0 Å². The number of halogens is 2. The minimum atomic E-state index is -0.571. The van der Waals surface area contributed by atoms with Crippen molar-refractivity contribution >= 4 is 35.2 Å². The Balaban J connectivity index is 1.67. The summed E-state index contributed by atoms with van der Waals surface area (Å²) in [4.78, 5) is 12.1. The number of hydrogen-bond donors (Lipinski definition) is 0. The summed E-state index contributed by atoms with van der Waals surface area (Å²) in [7, 11) is 1.57. The lowest BCUT2D eigenvalue weighted by atomic mass is 10.1. The van der Waals surface area contributed by atoms with E-state index in [0.717, 1.165) is 16.7 Å². The zero-order valence-corrected chi connectivity index (χ0v) is 18.0. The molecule has 0 fully saturated rings. The van der Waals surface area contributed by atoms with Crippen molar-refractivity contribution in [1.82, 2.24) is 0 Å². The van der Waals surface area contributed by atoms with E-state index in [2.05, 4.69) is 0 Å². The second kappa shape index (κ2) is 10.2. The summed E-state index contributed by atoms with van der Waals surface area (Å²) in [5.74, 6) is 0.817. The second-order valence-electron chi connectivity index (χ2n) is 6.45. The molecule has 30 heavy (non-hydrogen) atoms. The SMILES string of the molecule is COc1cc(/C=C/C(=O)Oc2cc(Cl)ccc2Cl)ccc1OCc1ccccc1C. The first-order valence-electron chi connectivity index (χ1n) is 9.16. The maximum absolute atomic E-state index is 12.1. The molecule has 0 saturated carbocycles. The van der Waals surface area contributed by atoms with Crippen molar-refractivity contribution in [2.75, 3.05) is 7.11 Å². The van der Waals surface area contributed by atoms with Gasteiger partial charge in [0, 0.05) is 17.2 Å². The molecule has 3 aromatic rings. The number of carbonyl (C=O) groups is 1. The molecule has 0 saturated heterocycles. The third-order valence-corrected chi connectivity index (χ3v) is 4.90. The van der Waals surface area contributed by atoms with E-state index in [0.29, 0.717) is 28.2 Å². The number of esters is 1. The highest BCUT2D eigenvalue weighted by molar-refractivity contribution is 6.34. The fourth-order valence-corrected chi connectivity index (χ4v) is 3.01. The summed E-state index contributed by atoms with van der Waals surface area (Å²) < 4.78 is 16.6. The largest absolute Gasteiger partial charge is 0.493 e. The first kappa shape index (κ1) is 21.8. The minimum absolute atomic E-state index is 0.205. The molecule has 4 nitrogen and oxygen atoms in total. The third-order valence-electron chi connectivity index (χ3n) is 4.35. The predicted molar refractivity (Wildman–Crippen MR) is 120 cm³/mol. The number of carbonyl (C=O) groups excluding carboxylic acids is 1. The molecular weight excluding hydrogens is 423 g/mol. The molecule has 0 aliphatic carbocycles. The molecule has 154 valence electrons. The molecule has 0 atom stereocenters. The van der Waals surface area contributed by atoms with Gasteiger partial charge in [0.15, 0.2) is 17.2 Å². The number of rotatable bonds is 7. The Kier molecular flexibility index (Phi) is 7.39. The predicted octanol–water partition coefficient (Wildman–Crippen LogP) is 6.51. The highest BCUT2D eigenvalue weighted by atomic mass is 35.5. The van der Waals surface area contributed by atoms with E-state index in [-0.39, 0.29) is 5.75 Å². The molecule has 0 aliphatic rings. The Morgan fingerprint density at radius 1 is 0.967 bits per heavy atom. The van der Waals surface area contributed by atoms with E-state index in [1.54, 1.807) is 37.5 Å². The first-order chi connectivity index (χ1) is 14.5. The van der Waals surface area contributed by atoms with Gasteiger partial charge < -0.3 is 14.2 Å². The summed E-state index contributed by atoms with van der Waals surface area (Å²) in [5, 5.41) is 0.732.